The highest BCUT2D eigenvalue weighted by Gasteiger charge is 2.42. The number of nitrogens with one attached hydrogen (secondary N) is 2. The van der Waals surface area contributed by atoms with Crippen molar-refractivity contribution in [2.45, 2.75) is 57.0 Å². The van der Waals surface area contributed by atoms with Crippen LogP contribution in [0.4, 0.5) is 0 Å². The van der Waals surface area contributed by atoms with Crippen molar-refractivity contribution in [2.24, 2.45) is 0 Å². The van der Waals surface area contributed by atoms with Crippen molar-refractivity contribution in [3.8, 4) is 0 Å². The zero-order valence-corrected chi connectivity index (χ0v) is 17.3. The Labute approximate surface area is 175 Å². The van der Waals surface area contributed by atoms with Crippen molar-refractivity contribution < 1.29 is 19.1 Å². The average molecular weight is 412 g/mol. The van der Waals surface area contributed by atoms with Gasteiger partial charge in [0.2, 0.25) is 11.8 Å². The third-order valence-electron chi connectivity index (χ3n) is 6.68. The summed E-state index contributed by atoms with van der Waals surface area (Å²) >= 11 is 0. The third-order valence-corrected chi connectivity index (χ3v) is 6.68. The summed E-state index contributed by atoms with van der Waals surface area (Å²) in [5, 5.41) is 5.77. The molecule has 2 N–H and O–H groups in total. The molecule has 8 heteroatoms. The summed E-state index contributed by atoms with van der Waals surface area (Å²) < 4.78 is 6.27. The van der Waals surface area contributed by atoms with E-state index in [0.717, 1.165) is 44.7 Å². The molecule has 0 bridgehead atoms. The molecule has 3 atom stereocenters. The van der Waals surface area contributed by atoms with Crippen LogP contribution in [0, 0.1) is 0 Å². The second-order valence-corrected chi connectivity index (χ2v) is 9.10. The lowest BCUT2D eigenvalue weighted by atomic mass is 9.98. The third kappa shape index (κ3) is 3.53. The van der Waals surface area contributed by atoms with Gasteiger partial charge in [0, 0.05) is 44.7 Å². The number of ether oxygens (including phenoxy) is 1. The summed E-state index contributed by atoms with van der Waals surface area (Å²) in [7, 11) is 0. The molecule has 1 aromatic carbocycles. The van der Waals surface area contributed by atoms with Gasteiger partial charge in [-0.15, -0.1) is 0 Å². The van der Waals surface area contributed by atoms with Gasteiger partial charge in [0.05, 0.1) is 11.7 Å². The quantitative estimate of drug-likeness (QED) is 0.699. The molecule has 3 amide bonds. The normalized spacial score (nSPS) is 32.0. The number of fused-ring (bicyclic) bond motifs is 1. The van der Waals surface area contributed by atoms with Gasteiger partial charge in [-0.3, -0.25) is 24.6 Å². The Bertz CT molecular complexity index is 895. The van der Waals surface area contributed by atoms with Gasteiger partial charge < -0.3 is 15.0 Å². The van der Waals surface area contributed by atoms with Crippen molar-refractivity contribution >= 4 is 17.7 Å². The highest BCUT2D eigenvalue weighted by Crippen LogP contribution is 2.31. The number of carbonyl (C=O) groups is 3. The first-order valence-corrected chi connectivity index (χ1v) is 10.8. The number of piperidine rings is 1. The fourth-order valence-electron chi connectivity index (χ4n) is 5.40. The molecule has 0 aliphatic carbocycles. The molecule has 8 nitrogen and oxygen atoms in total. The molecule has 3 unspecified atom stereocenters. The van der Waals surface area contributed by atoms with Crippen LogP contribution in [0.1, 0.15) is 47.7 Å². The van der Waals surface area contributed by atoms with Gasteiger partial charge in [-0.05, 0) is 43.5 Å². The number of nitrogens with zero attached hydrogens (tertiary/aromatic N) is 2. The lowest BCUT2D eigenvalue weighted by Gasteiger charge is -2.43. The molecule has 30 heavy (non-hydrogen) atoms. The van der Waals surface area contributed by atoms with Crippen molar-refractivity contribution in [3.63, 3.8) is 0 Å². The molecule has 160 valence electrons. The number of hydrogen-bond acceptors (Lipinski definition) is 6. The Morgan fingerprint density at radius 2 is 2.13 bits per heavy atom. The monoisotopic (exact) mass is 412 g/mol. The van der Waals surface area contributed by atoms with Crippen molar-refractivity contribution in [2.75, 3.05) is 26.2 Å². The first-order valence-electron chi connectivity index (χ1n) is 10.8. The van der Waals surface area contributed by atoms with Gasteiger partial charge in [0.25, 0.3) is 5.91 Å². The number of benzene rings is 1. The molecule has 5 rings (SSSR count). The van der Waals surface area contributed by atoms with Crippen LogP contribution in [-0.2, 0) is 27.4 Å². The van der Waals surface area contributed by atoms with Gasteiger partial charge >= 0.3 is 0 Å². The molecule has 0 aromatic heterocycles. The fraction of sp³-hybridized carbons (Fsp3) is 0.591. The maximum Gasteiger partial charge on any atom is 0.255 e. The number of rotatable bonds is 3. The zero-order valence-electron chi connectivity index (χ0n) is 17.3. The van der Waals surface area contributed by atoms with Crippen LogP contribution >= 0.6 is 0 Å². The lowest BCUT2D eigenvalue weighted by molar-refractivity contribution is -0.139. The molecule has 0 saturated carbocycles. The van der Waals surface area contributed by atoms with E-state index in [-0.39, 0.29) is 35.8 Å². The van der Waals surface area contributed by atoms with Gasteiger partial charge in [0.15, 0.2) is 0 Å². The molecule has 3 fully saturated rings. The van der Waals surface area contributed by atoms with Crippen LogP contribution in [0.5, 0.6) is 0 Å². The van der Waals surface area contributed by atoms with E-state index in [4.69, 9.17) is 4.74 Å². The predicted octanol–water partition coefficient (Wildman–Crippen LogP) is 0.400. The van der Waals surface area contributed by atoms with E-state index < -0.39 is 6.04 Å². The molecule has 4 aliphatic heterocycles. The summed E-state index contributed by atoms with van der Waals surface area (Å²) in [5.41, 5.74) is 2.70. The molecule has 1 spiro atoms. The molecule has 3 saturated heterocycles. The number of imide groups is 1. The highest BCUT2D eigenvalue weighted by atomic mass is 16.5. The molecular formula is C22H28N4O4. The minimum absolute atomic E-state index is 0.0903. The van der Waals surface area contributed by atoms with E-state index in [0.29, 0.717) is 18.5 Å². The average Bonchev–Trinajstić information content (AvgIpc) is 3.25. The molecular weight excluding hydrogens is 384 g/mol. The lowest BCUT2D eigenvalue weighted by Crippen LogP contribution is -2.55. The van der Waals surface area contributed by atoms with Gasteiger partial charge in [0.1, 0.15) is 6.04 Å². The van der Waals surface area contributed by atoms with Crippen LogP contribution in [0.15, 0.2) is 18.2 Å². The van der Waals surface area contributed by atoms with Crippen LogP contribution < -0.4 is 10.6 Å². The van der Waals surface area contributed by atoms with E-state index in [1.165, 1.54) is 5.56 Å². The number of amides is 3. The van der Waals surface area contributed by atoms with E-state index in [1.807, 2.05) is 12.1 Å². The topological polar surface area (TPSA) is 91.0 Å². The minimum atomic E-state index is -0.569. The van der Waals surface area contributed by atoms with E-state index >= 15 is 0 Å². The zero-order chi connectivity index (χ0) is 20.9. The number of hydrogen-bond donors (Lipinski definition) is 2. The van der Waals surface area contributed by atoms with Crippen molar-refractivity contribution in [1.82, 2.24) is 20.4 Å². The first kappa shape index (κ1) is 19.7. The van der Waals surface area contributed by atoms with Crippen LogP contribution in [0.25, 0.3) is 0 Å². The standard InChI is InChI=1S/C22H28N4O4/c1-14-9-25(13-22(30-14)6-7-23-12-22)10-15-2-3-17-16(8-15)11-26(21(17)29)18-4-5-19(27)24-20(18)28/h2-3,8,14,18,23H,4-7,9-13H2,1H3,(H,24,27,28). The highest BCUT2D eigenvalue weighted by molar-refractivity contribution is 6.05. The van der Waals surface area contributed by atoms with E-state index in [2.05, 4.69) is 28.5 Å². The van der Waals surface area contributed by atoms with Crippen LogP contribution in [-0.4, -0.2) is 71.4 Å². The Balaban J connectivity index is 1.30. The summed E-state index contributed by atoms with van der Waals surface area (Å²) in [6.45, 7) is 7.05. The SMILES string of the molecule is CC1CN(Cc2ccc3c(c2)CN(C2CCC(=O)NC2=O)C3=O)CC2(CCNC2)O1. The van der Waals surface area contributed by atoms with Crippen molar-refractivity contribution in [1.29, 1.82) is 0 Å². The second-order valence-electron chi connectivity index (χ2n) is 9.10. The number of morpholine rings is 1. The molecule has 4 aliphatic rings. The smallest absolute Gasteiger partial charge is 0.255 e. The Kier molecular flexibility index (Phi) is 4.88. The first-order chi connectivity index (χ1) is 14.4. The Morgan fingerprint density at radius 3 is 2.90 bits per heavy atom. The summed E-state index contributed by atoms with van der Waals surface area (Å²) in [5.74, 6) is -0.759. The van der Waals surface area contributed by atoms with Crippen LogP contribution in [0.3, 0.4) is 0 Å². The fourth-order valence-corrected chi connectivity index (χ4v) is 5.40. The largest absolute Gasteiger partial charge is 0.368 e. The summed E-state index contributed by atoms with van der Waals surface area (Å²) in [4.78, 5) is 40.6. The van der Waals surface area contributed by atoms with Crippen LogP contribution in [0.2, 0.25) is 0 Å². The predicted molar refractivity (Wildman–Crippen MR) is 109 cm³/mol. The molecule has 1 aromatic rings. The second kappa shape index (κ2) is 7.44. The Hall–Kier alpha value is -2.29. The van der Waals surface area contributed by atoms with E-state index in [9.17, 15) is 14.4 Å². The van der Waals surface area contributed by atoms with Gasteiger partial charge in [-0.25, -0.2) is 0 Å². The van der Waals surface area contributed by atoms with Crippen molar-refractivity contribution in [3.05, 3.63) is 34.9 Å². The Morgan fingerprint density at radius 1 is 1.27 bits per heavy atom. The maximum atomic E-state index is 12.9. The summed E-state index contributed by atoms with van der Waals surface area (Å²) in [6.07, 6.45) is 1.89. The molecule has 0 radical (unpaired) electrons. The van der Waals surface area contributed by atoms with Gasteiger partial charge in [-0.1, -0.05) is 12.1 Å². The van der Waals surface area contributed by atoms with Gasteiger partial charge in [-0.2, -0.15) is 0 Å². The molecule has 4 heterocycles. The van der Waals surface area contributed by atoms with E-state index in [1.54, 1.807) is 4.90 Å². The summed E-state index contributed by atoms with van der Waals surface area (Å²) in [6, 6.07) is 5.43. The maximum absolute atomic E-state index is 12.9. The number of carbonyl (C=O) groups excluding carboxylic acids is 3. The minimum Gasteiger partial charge on any atom is -0.368 e.